The average Bonchev–Trinajstić information content (AvgIpc) is 2.32. The van der Waals surface area contributed by atoms with Gasteiger partial charge in [-0.2, -0.15) is 0 Å². The van der Waals surface area contributed by atoms with Gasteiger partial charge in [0, 0.05) is 5.41 Å². The third-order valence-corrected chi connectivity index (χ3v) is 2.58. The molecule has 0 atom stereocenters. The molecule has 0 aliphatic heterocycles. The molecule has 3 heteroatoms. The Labute approximate surface area is 71.2 Å². The van der Waals surface area contributed by atoms with Crippen molar-refractivity contribution in [3.8, 4) is 5.88 Å². The summed E-state index contributed by atoms with van der Waals surface area (Å²) < 4.78 is 4.99. The van der Waals surface area contributed by atoms with Crippen molar-refractivity contribution in [2.75, 3.05) is 7.11 Å². The van der Waals surface area contributed by atoms with Crippen LogP contribution in [0.1, 0.15) is 25.8 Å². The molecular formula is C8H13NOS. The summed E-state index contributed by atoms with van der Waals surface area (Å²) in [4.78, 5) is 4.30. The van der Waals surface area contributed by atoms with E-state index in [-0.39, 0.29) is 5.41 Å². The normalized spacial score (nSPS) is 11.6. The molecule has 1 aromatic heterocycles. The van der Waals surface area contributed by atoms with Crippen LogP contribution in [0.4, 0.5) is 0 Å². The molecular weight excluding hydrogens is 158 g/mol. The zero-order valence-corrected chi connectivity index (χ0v) is 8.16. The Balaban J connectivity index is 2.89. The van der Waals surface area contributed by atoms with Crippen LogP contribution in [0.5, 0.6) is 5.88 Å². The van der Waals surface area contributed by atoms with Gasteiger partial charge in [0.15, 0.2) is 0 Å². The standard InChI is InChI=1S/C8H13NOS/c1-8(2,3)7-9-6(10-4)5-11-7/h5H,1-4H3. The monoisotopic (exact) mass is 171 g/mol. The summed E-state index contributed by atoms with van der Waals surface area (Å²) in [7, 11) is 1.64. The van der Waals surface area contributed by atoms with Crippen LogP contribution in [0.15, 0.2) is 5.38 Å². The van der Waals surface area contributed by atoms with Crippen molar-refractivity contribution in [2.24, 2.45) is 0 Å². The summed E-state index contributed by atoms with van der Waals surface area (Å²) in [5.41, 5.74) is 0.140. The molecule has 11 heavy (non-hydrogen) atoms. The number of hydrogen-bond donors (Lipinski definition) is 0. The van der Waals surface area contributed by atoms with Crippen LogP contribution in [0.3, 0.4) is 0 Å². The van der Waals surface area contributed by atoms with Crippen molar-refractivity contribution < 1.29 is 4.74 Å². The average molecular weight is 171 g/mol. The van der Waals surface area contributed by atoms with Crippen molar-refractivity contribution >= 4 is 11.3 Å². The van der Waals surface area contributed by atoms with Crippen LogP contribution in [0.25, 0.3) is 0 Å². The second kappa shape index (κ2) is 2.81. The van der Waals surface area contributed by atoms with Crippen LogP contribution < -0.4 is 4.74 Å². The summed E-state index contributed by atoms with van der Waals surface area (Å²) in [6, 6.07) is 0. The van der Waals surface area contributed by atoms with E-state index in [4.69, 9.17) is 4.74 Å². The number of nitrogens with zero attached hydrogens (tertiary/aromatic N) is 1. The number of methoxy groups -OCH3 is 1. The van der Waals surface area contributed by atoms with Crippen LogP contribution in [-0.2, 0) is 5.41 Å². The molecule has 1 rings (SSSR count). The first-order valence-electron chi connectivity index (χ1n) is 3.54. The largest absolute Gasteiger partial charge is 0.480 e. The van der Waals surface area contributed by atoms with E-state index in [0.29, 0.717) is 0 Å². The Hall–Kier alpha value is -0.570. The number of ether oxygens (including phenoxy) is 1. The molecule has 0 amide bonds. The fraction of sp³-hybridized carbons (Fsp3) is 0.625. The molecule has 0 aliphatic rings. The molecule has 0 bridgehead atoms. The lowest BCUT2D eigenvalue weighted by molar-refractivity contribution is 0.397. The molecule has 2 nitrogen and oxygen atoms in total. The molecule has 0 saturated carbocycles. The molecule has 0 aliphatic carbocycles. The predicted octanol–water partition coefficient (Wildman–Crippen LogP) is 2.45. The Morgan fingerprint density at radius 1 is 1.45 bits per heavy atom. The molecule has 0 aromatic carbocycles. The molecule has 1 aromatic rings. The van der Waals surface area contributed by atoms with Gasteiger partial charge in [0.1, 0.15) is 5.01 Å². The van der Waals surface area contributed by atoms with Gasteiger partial charge < -0.3 is 4.74 Å². The Morgan fingerprint density at radius 3 is 2.36 bits per heavy atom. The maximum absolute atomic E-state index is 4.99. The third kappa shape index (κ3) is 1.93. The molecule has 0 fully saturated rings. The summed E-state index contributed by atoms with van der Waals surface area (Å²) in [5.74, 6) is 0.722. The number of rotatable bonds is 1. The van der Waals surface area contributed by atoms with Gasteiger partial charge in [-0.15, -0.1) is 11.3 Å². The highest BCUT2D eigenvalue weighted by Crippen LogP contribution is 2.27. The van der Waals surface area contributed by atoms with Gasteiger partial charge in [-0.05, 0) is 0 Å². The lowest BCUT2D eigenvalue weighted by Crippen LogP contribution is -2.10. The molecule has 1 heterocycles. The van der Waals surface area contributed by atoms with E-state index < -0.39 is 0 Å². The van der Waals surface area contributed by atoms with Gasteiger partial charge in [0.25, 0.3) is 0 Å². The van der Waals surface area contributed by atoms with E-state index in [1.807, 2.05) is 5.38 Å². The molecule has 0 spiro atoms. The van der Waals surface area contributed by atoms with Gasteiger partial charge in [-0.25, -0.2) is 4.98 Å². The SMILES string of the molecule is COc1csc(C(C)(C)C)n1. The lowest BCUT2D eigenvalue weighted by atomic mass is 9.98. The topological polar surface area (TPSA) is 22.1 Å². The van der Waals surface area contributed by atoms with E-state index in [1.165, 1.54) is 0 Å². The second-order valence-corrected chi connectivity index (χ2v) is 4.30. The summed E-state index contributed by atoms with van der Waals surface area (Å²) in [5, 5.41) is 3.05. The maximum atomic E-state index is 4.99. The molecule has 62 valence electrons. The highest BCUT2D eigenvalue weighted by Gasteiger charge is 2.17. The van der Waals surface area contributed by atoms with Crippen molar-refractivity contribution in [3.05, 3.63) is 10.4 Å². The molecule has 0 N–H and O–H groups in total. The van der Waals surface area contributed by atoms with Crippen molar-refractivity contribution in [1.29, 1.82) is 0 Å². The van der Waals surface area contributed by atoms with Crippen LogP contribution in [0.2, 0.25) is 0 Å². The number of aromatic nitrogens is 1. The third-order valence-electron chi connectivity index (χ3n) is 1.33. The first-order chi connectivity index (χ1) is 5.04. The minimum atomic E-state index is 0.140. The summed E-state index contributed by atoms with van der Waals surface area (Å²) in [6.07, 6.45) is 0. The lowest BCUT2D eigenvalue weighted by Gasteiger charge is -2.13. The summed E-state index contributed by atoms with van der Waals surface area (Å²) in [6.45, 7) is 6.43. The summed E-state index contributed by atoms with van der Waals surface area (Å²) >= 11 is 1.64. The highest BCUT2D eigenvalue weighted by molar-refractivity contribution is 7.10. The van der Waals surface area contributed by atoms with E-state index in [2.05, 4.69) is 25.8 Å². The van der Waals surface area contributed by atoms with Gasteiger partial charge in [-0.1, -0.05) is 20.8 Å². The van der Waals surface area contributed by atoms with E-state index in [0.717, 1.165) is 10.9 Å². The predicted molar refractivity (Wildman–Crippen MR) is 47.4 cm³/mol. The fourth-order valence-corrected chi connectivity index (χ4v) is 1.55. The first-order valence-corrected chi connectivity index (χ1v) is 4.42. The number of thiazole rings is 1. The van der Waals surface area contributed by atoms with Gasteiger partial charge in [0.05, 0.1) is 12.5 Å². The Morgan fingerprint density at radius 2 is 2.09 bits per heavy atom. The van der Waals surface area contributed by atoms with E-state index in [1.54, 1.807) is 18.4 Å². The van der Waals surface area contributed by atoms with Gasteiger partial charge in [0.2, 0.25) is 5.88 Å². The van der Waals surface area contributed by atoms with E-state index >= 15 is 0 Å². The Bertz CT molecular complexity index is 236. The zero-order chi connectivity index (χ0) is 8.48. The second-order valence-electron chi connectivity index (χ2n) is 3.45. The fourth-order valence-electron chi connectivity index (χ4n) is 0.697. The minimum absolute atomic E-state index is 0.140. The van der Waals surface area contributed by atoms with Gasteiger partial charge in [-0.3, -0.25) is 0 Å². The quantitative estimate of drug-likeness (QED) is 0.647. The Kier molecular flexibility index (Phi) is 2.18. The molecule has 0 unspecified atom stereocenters. The first kappa shape index (κ1) is 8.53. The maximum Gasteiger partial charge on any atom is 0.224 e. The zero-order valence-electron chi connectivity index (χ0n) is 7.34. The van der Waals surface area contributed by atoms with Crippen molar-refractivity contribution in [3.63, 3.8) is 0 Å². The van der Waals surface area contributed by atoms with Crippen LogP contribution in [-0.4, -0.2) is 12.1 Å². The highest BCUT2D eigenvalue weighted by atomic mass is 32.1. The smallest absolute Gasteiger partial charge is 0.224 e. The molecule has 0 saturated heterocycles. The van der Waals surface area contributed by atoms with Crippen LogP contribution >= 0.6 is 11.3 Å². The van der Waals surface area contributed by atoms with Crippen molar-refractivity contribution in [1.82, 2.24) is 4.98 Å². The van der Waals surface area contributed by atoms with Crippen LogP contribution in [0, 0.1) is 0 Å². The minimum Gasteiger partial charge on any atom is -0.480 e. The molecule has 0 radical (unpaired) electrons. The van der Waals surface area contributed by atoms with Crippen molar-refractivity contribution in [2.45, 2.75) is 26.2 Å². The van der Waals surface area contributed by atoms with E-state index in [9.17, 15) is 0 Å². The van der Waals surface area contributed by atoms with Gasteiger partial charge >= 0.3 is 0 Å². The number of hydrogen-bond acceptors (Lipinski definition) is 3.